The Bertz CT molecular complexity index is 613. The summed E-state index contributed by atoms with van der Waals surface area (Å²) in [7, 11) is 0.216. The van der Waals surface area contributed by atoms with Gasteiger partial charge in [0.05, 0.1) is 16.8 Å². The van der Waals surface area contributed by atoms with Crippen molar-refractivity contribution in [1.29, 1.82) is 0 Å². The van der Waals surface area contributed by atoms with Gasteiger partial charge in [-0.25, -0.2) is 0 Å². The quantitative estimate of drug-likeness (QED) is 0.848. The Morgan fingerprint density at radius 1 is 1.13 bits per heavy atom. The predicted octanol–water partition coefficient (Wildman–Crippen LogP) is 2.36. The number of hydrogen-bond donors (Lipinski definition) is 1. The lowest BCUT2D eigenvalue weighted by atomic mass is 9.75. The molecule has 126 valence electrons. The van der Waals surface area contributed by atoms with Crippen LogP contribution < -0.4 is 10.8 Å². The topological polar surface area (TPSA) is 47.6 Å². The highest BCUT2D eigenvalue weighted by Gasteiger charge is 2.53. The van der Waals surface area contributed by atoms with Crippen LogP contribution in [-0.2, 0) is 15.5 Å². The first kappa shape index (κ1) is 17.8. The molecule has 1 aromatic rings. The third-order valence-electron chi connectivity index (χ3n) is 4.36. The van der Waals surface area contributed by atoms with E-state index in [-0.39, 0.29) is 11.0 Å². The van der Waals surface area contributed by atoms with Crippen molar-refractivity contribution < 1.29 is 27.3 Å². The third-order valence-corrected chi connectivity index (χ3v) is 4.36. The molecule has 0 spiro atoms. The van der Waals surface area contributed by atoms with Gasteiger partial charge in [0, 0.05) is 12.6 Å². The molecule has 1 saturated heterocycles. The Labute approximate surface area is 133 Å². The SMILES string of the molecule is CNC(=O)c1ccc(B2OC(C)(C)C(C)(C)O2)c(C(F)(F)F)c1. The first-order valence-electron chi connectivity index (χ1n) is 7.18. The lowest BCUT2D eigenvalue weighted by Crippen LogP contribution is -2.41. The first-order chi connectivity index (χ1) is 10.4. The number of amides is 1. The molecule has 0 unspecified atom stereocenters. The van der Waals surface area contributed by atoms with Gasteiger partial charge in [-0.05, 0) is 45.3 Å². The molecule has 0 aromatic heterocycles. The summed E-state index contributed by atoms with van der Waals surface area (Å²) in [6.45, 7) is 7.05. The third kappa shape index (κ3) is 3.23. The highest BCUT2D eigenvalue weighted by atomic mass is 19.4. The summed E-state index contributed by atoms with van der Waals surface area (Å²) in [6, 6.07) is 3.38. The van der Waals surface area contributed by atoms with Gasteiger partial charge in [-0.3, -0.25) is 4.79 Å². The van der Waals surface area contributed by atoms with Gasteiger partial charge in [-0.2, -0.15) is 13.2 Å². The zero-order valence-corrected chi connectivity index (χ0v) is 13.7. The van der Waals surface area contributed by atoms with Crippen LogP contribution in [0.5, 0.6) is 0 Å². The van der Waals surface area contributed by atoms with Crippen LogP contribution in [0.3, 0.4) is 0 Å². The molecule has 1 aliphatic rings. The summed E-state index contributed by atoms with van der Waals surface area (Å²) < 4.78 is 51.6. The Morgan fingerprint density at radius 2 is 1.65 bits per heavy atom. The molecule has 4 nitrogen and oxygen atoms in total. The van der Waals surface area contributed by atoms with E-state index in [1.165, 1.54) is 19.2 Å². The molecule has 23 heavy (non-hydrogen) atoms. The van der Waals surface area contributed by atoms with E-state index in [1.807, 2.05) is 0 Å². The highest BCUT2D eigenvalue weighted by Crippen LogP contribution is 2.38. The van der Waals surface area contributed by atoms with Crippen LogP contribution in [0.25, 0.3) is 0 Å². The average molecular weight is 329 g/mol. The zero-order valence-electron chi connectivity index (χ0n) is 13.7. The lowest BCUT2D eigenvalue weighted by Gasteiger charge is -2.32. The van der Waals surface area contributed by atoms with E-state index in [0.717, 1.165) is 6.07 Å². The lowest BCUT2D eigenvalue weighted by molar-refractivity contribution is -0.136. The smallest absolute Gasteiger partial charge is 0.399 e. The molecule has 1 aromatic carbocycles. The van der Waals surface area contributed by atoms with E-state index in [1.54, 1.807) is 27.7 Å². The standard InChI is InChI=1S/C15H19BF3NO3/c1-13(2)14(3,4)23-16(22-13)11-7-6-9(12(21)20-5)8-10(11)15(17,18)19/h6-8H,1-5H3,(H,20,21). The van der Waals surface area contributed by atoms with Crippen LogP contribution in [-0.4, -0.2) is 31.3 Å². The first-order valence-corrected chi connectivity index (χ1v) is 7.18. The summed E-state index contributed by atoms with van der Waals surface area (Å²) in [4.78, 5) is 11.6. The molecule has 1 N–H and O–H groups in total. The number of benzene rings is 1. The average Bonchev–Trinajstić information content (AvgIpc) is 2.65. The summed E-state index contributed by atoms with van der Waals surface area (Å²) in [5.41, 5.74) is -2.64. The molecule has 0 atom stereocenters. The fourth-order valence-electron chi connectivity index (χ4n) is 2.26. The van der Waals surface area contributed by atoms with Gasteiger partial charge in [0.15, 0.2) is 0 Å². The monoisotopic (exact) mass is 329 g/mol. The van der Waals surface area contributed by atoms with Crippen LogP contribution in [0.15, 0.2) is 18.2 Å². The van der Waals surface area contributed by atoms with Gasteiger partial charge in [0.1, 0.15) is 0 Å². The van der Waals surface area contributed by atoms with Gasteiger partial charge in [0.2, 0.25) is 0 Å². The van der Waals surface area contributed by atoms with E-state index in [0.29, 0.717) is 0 Å². The number of nitrogens with one attached hydrogen (secondary N) is 1. The fraction of sp³-hybridized carbons (Fsp3) is 0.533. The number of carbonyl (C=O) groups is 1. The molecule has 1 fully saturated rings. The molecule has 0 bridgehead atoms. The van der Waals surface area contributed by atoms with Gasteiger partial charge in [0.25, 0.3) is 5.91 Å². The maximum absolute atomic E-state index is 13.4. The Balaban J connectivity index is 2.50. The molecule has 2 rings (SSSR count). The maximum atomic E-state index is 13.4. The van der Waals surface area contributed by atoms with E-state index in [9.17, 15) is 18.0 Å². The molecular weight excluding hydrogens is 310 g/mol. The largest absolute Gasteiger partial charge is 0.495 e. The fourth-order valence-corrected chi connectivity index (χ4v) is 2.26. The van der Waals surface area contributed by atoms with Gasteiger partial charge in [-0.1, -0.05) is 6.07 Å². The van der Waals surface area contributed by atoms with E-state index in [2.05, 4.69) is 5.32 Å². The molecule has 8 heteroatoms. The second-order valence-corrected chi connectivity index (χ2v) is 6.47. The number of hydrogen-bond acceptors (Lipinski definition) is 3. The predicted molar refractivity (Wildman–Crippen MR) is 80.6 cm³/mol. The molecule has 0 saturated carbocycles. The van der Waals surface area contributed by atoms with E-state index < -0.39 is 36.0 Å². The van der Waals surface area contributed by atoms with Crippen LogP contribution in [0, 0.1) is 0 Å². The van der Waals surface area contributed by atoms with Crippen molar-refractivity contribution in [2.75, 3.05) is 7.05 Å². The molecule has 1 aliphatic heterocycles. The molecule has 0 aliphatic carbocycles. The zero-order chi connectivity index (χ0) is 17.6. The second-order valence-electron chi connectivity index (χ2n) is 6.47. The minimum atomic E-state index is -4.62. The van der Waals surface area contributed by atoms with Crippen LogP contribution in [0.2, 0.25) is 0 Å². The van der Waals surface area contributed by atoms with Gasteiger partial charge in [-0.15, -0.1) is 0 Å². The van der Waals surface area contributed by atoms with Gasteiger partial charge < -0.3 is 14.6 Å². The molecule has 1 amide bonds. The van der Waals surface area contributed by atoms with E-state index in [4.69, 9.17) is 9.31 Å². The Hall–Kier alpha value is -1.54. The summed E-state index contributed by atoms with van der Waals surface area (Å²) in [6.07, 6.45) is -4.62. The Morgan fingerprint density at radius 3 is 2.09 bits per heavy atom. The Kier molecular flexibility index (Phi) is 4.28. The van der Waals surface area contributed by atoms with Crippen molar-refractivity contribution in [1.82, 2.24) is 5.32 Å². The maximum Gasteiger partial charge on any atom is 0.495 e. The normalized spacial score (nSPS) is 19.7. The number of rotatable bonds is 2. The minimum absolute atomic E-state index is 0.0694. The van der Waals surface area contributed by atoms with Crippen molar-refractivity contribution in [3.05, 3.63) is 29.3 Å². The minimum Gasteiger partial charge on any atom is -0.399 e. The molecular formula is C15H19BF3NO3. The summed E-state index contributed by atoms with van der Waals surface area (Å²) in [5.74, 6) is -0.587. The van der Waals surface area contributed by atoms with Crippen LogP contribution in [0.1, 0.15) is 43.6 Å². The van der Waals surface area contributed by atoms with Crippen LogP contribution in [0.4, 0.5) is 13.2 Å². The summed E-state index contributed by atoms with van der Waals surface area (Å²) >= 11 is 0. The molecule has 1 heterocycles. The summed E-state index contributed by atoms with van der Waals surface area (Å²) in [5, 5.41) is 2.31. The van der Waals surface area contributed by atoms with Crippen molar-refractivity contribution in [2.24, 2.45) is 0 Å². The molecule has 0 radical (unpaired) electrons. The van der Waals surface area contributed by atoms with Crippen molar-refractivity contribution >= 4 is 18.5 Å². The van der Waals surface area contributed by atoms with Crippen molar-refractivity contribution in [3.8, 4) is 0 Å². The van der Waals surface area contributed by atoms with Crippen molar-refractivity contribution in [2.45, 2.75) is 45.1 Å². The van der Waals surface area contributed by atoms with E-state index >= 15 is 0 Å². The van der Waals surface area contributed by atoms with Crippen LogP contribution >= 0.6 is 0 Å². The number of alkyl halides is 3. The highest BCUT2D eigenvalue weighted by molar-refractivity contribution is 6.62. The number of halogens is 3. The number of carbonyl (C=O) groups excluding carboxylic acids is 1. The van der Waals surface area contributed by atoms with Gasteiger partial charge >= 0.3 is 13.3 Å². The van der Waals surface area contributed by atoms with Crippen molar-refractivity contribution in [3.63, 3.8) is 0 Å². The second kappa shape index (κ2) is 5.52.